The van der Waals surface area contributed by atoms with Crippen molar-refractivity contribution < 1.29 is 14.3 Å². The lowest BCUT2D eigenvalue weighted by Gasteiger charge is -2.33. The van der Waals surface area contributed by atoms with Crippen molar-refractivity contribution in [2.24, 2.45) is 0 Å². The van der Waals surface area contributed by atoms with Crippen molar-refractivity contribution in [1.82, 2.24) is 4.90 Å². The fourth-order valence-electron chi connectivity index (χ4n) is 4.43. The molecule has 0 spiro atoms. The molecule has 0 unspecified atom stereocenters. The summed E-state index contributed by atoms with van der Waals surface area (Å²) < 4.78 is 11.7. The molecule has 3 aliphatic rings. The van der Waals surface area contributed by atoms with Gasteiger partial charge in [0.25, 0.3) is 0 Å². The van der Waals surface area contributed by atoms with E-state index in [1.165, 1.54) is 5.19 Å². The number of ether oxygens (including phenoxy) is 2. The van der Waals surface area contributed by atoms with Crippen molar-refractivity contribution in [3.05, 3.63) is 30.3 Å². The second-order valence-electron chi connectivity index (χ2n) is 7.31. The number of hydrogen-bond acceptors (Lipinski definition) is 3. The highest BCUT2D eigenvalue weighted by atomic mass is 28.3. The van der Waals surface area contributed by atoms with Crippen molar-refractivity contribution in [2.45, 2.75) is 56.3 Å². The Bertz CT molecular complexity index is 577. The summed E-state index contributed by atoms with van der Waals surface area (Å²) in [7, 11) is -1.62. The van der Waals surface area contributed by atoms with E-state index in [4.69, 9.17) is 9.47 Å². The van der Waals surface area contributed by atoms with Gasteiger partial charge in [0, 0.05) is 6.42 Å². The summed E-state index contributed by atoms with van der Waals surface area (Å²) in [5.41, 5.74) is 0. The molecule has 4 nitrogen and oxygen atoms in total. The van der Waals surface area contributed by atoms with Crippen molar-refractivity contribution >= 4 is 19.2 Å². The van der Waals surface area contributed by atoms with Crippen LogP contribution in [0.15, 0.2) is 30.3 Å². The third kappa shape index (κ3) is 2.14. The van der Waals surface area contributed by atoms with E-state index >= 15 is 0 Å². The van der Waals surface area contributed by atoms with Gasteiger partial charge in [0.2, 0.25) is 5.91 Å². The third-order valence-corrected chi connectivity index (χ3v) is 8.87. The van der Waals surface area contributed by atoms with Crippen molar-refractivity contribution in [2.75, 3.05) is 6.79 Å². The van der Waals surface area contributed by atoms with Gasteiger partial charge in [-0.25, -0.2) is 0 Å². The van der Waals surface area contributed by atoms with Gasteiger partial charge in [-0.1, -0.05) is 48.6 Å². The average molecular weight is 317 g/mol. The quantitative estimate of drug-likeness (QED) is 0.797. The van der Waals surface area contributed by atoms with Gasteiger partial charge in [0.15, 0.2) is 0 Å². The Labute approximate surface area is 132 Å². The van der Waals surface area contributed by atoms with Gasteiger partial charge in [-0.2, -0.15) is 0 Å². The van der Waals surface area contributed by atoms with E-state index in [9.17, 15) is 4.79 Å². The second-order valence-corrected chi connectivity index (χ2v) is 12.1. The maximum Gasteiger partial charge on any atom is 0.223 e. The molecule has 0 saturated carbocycles. The summed E-state index contributed by atoms with van der Waals surface area (Å²) in [6.45, 7) is 5.17. The SMILES string of the molecule is C[Si](C)(C[C@@H]1[C@H]2OCO[C@H]2[C@H]2CCC(=O)N21)c1ccccc1. The van der Waals surface area contributed by atoms with Crippen LogP contribution in [0.3, 0.4) is 0 Å². The Morgan fingerprint density at radius 3 is 2.68 bits per heavy atom. The third-order valence-electron chi connectivity index (χ3n) is 5.53. The minimum atomic E-state index is -1.62. The van der Waals surface area contributed by atoms with Gasteiger partial charge < -0.3 is 14.4 Å². The largest absolute Gasteiger partial charge is 0.347 e. The predicted octanol–water partition coefficient (Wildman–Crippen LogP) is 1.72. The van der Waals surface area contributed by atoms with Crippen LogP contribution in [-0.2, 0) is 14.3 Å². The molecule has 4 rings (SSSR count). The second kappa shape index (κ2) is 5.18. The molecule has 3 aliphatic heterocycles. The fraction of sp³-hybridized carbons (Fsp3) is 0.588. The number of nitrogens with zero attached hydrogens (tertiary/aromatic N) is 1. The Morgan fingerprint density at radius 1 is 1.18 bits per heavy atom. The van der Waals surface area contributed by atoms with Crippen LogP contribution >= 0.6 is 0 Å². The molecular weight excluding hydrogens is 294 g/mol. The first kappa shape index (κ1) is 14.4. The zero-order valence-electron chi connectivity index (χ0n) is 13.2. The van der Waals surface area contributed by atoms with Gasteiger partial charge >= 0.3 is 0 Å². The lowest BCUT2D eigenvalue weighted by atomic mass is 10.1. The van der Waals surface area contributed by atoms with Crippen LogP contribution in [0.4, 0.5) is 0 Å². The smallest absolute Gasteiger partial charge is 0.223 e. The van der Waals surface area contributed by atoms with E-state index in [1.807, 2.05) is 0 Å². The molecule has 0 aliphatic carbocycles. The predicted molar refractivity (Wildman–Crippen MR) is 86.6 cm³/mol. The summed E-state index contributed by atoms with van der Waals surface area (Å²) >= 11 is 0. The van der Waals surface area contributed by atoms with Gasteiger partial charge in [-0.15, -0.1) is 0 Å². The first-order valence-corrected chi connectivity index (χ1v) is 11.4. The van der Waals surface area contributed by atoms with Crippen molar-refractivity contribution in [1.29, 1.82) is 0 Å². The fourth-order valence-corrected chi connectivity index (χ4v) is 7.23. The molecule has 0 N–H and O–H groups in total. The first-order chi connectivity index (χ1) is 10.6. The Hall–Kier alpha value is -1.17. The molecule has 0 aromatic heterocycles. The monoisotopic (exact) mass is 317 g/mol. The molecule has 3 fully saturated rings. The number of benzene rings is 1. The van der Waals surface area contributed by atoms with E-state index < -0.39 is 8.07 Å². The van der Waals surface area contributed by atoms with E-state index in [0.717, 1.165) is 12.5 Å². The number of rotatable bonds is 3. The van der Waals surface area contributed by atoms with Crippen LogP contribution in [0.5, 0.6) is 0 Å². The molecule has 5 heteroatoms. The van der Waals surface area contributed by atoms with Gasteiger partial charge in [-0.3, -0.25) is 4.79 Å². The molecule has 0 radical (unpaired) electrons. The summed E-state index contributed by atoms with van der Waals surface area (Å²) in [6, 6.07) is 12.2. The Kier molecular flexibility index (Phi) is 3.40. The van der Waals surface area contributed by atoms with Crippen LogP contribution in [-0.4, -0.2) is 50.0 Å². The lowest BCUT2D eigenvalue weighted by molar-refractivity contribution is -0.132. The highest BCUT2D eigenvalue weighted by molar-refractivity contribution is 6.89. The number of carbonyl (C=O) groups excluding carboxylic acids is 1. The number of carbonyl (C=O) groups is 1. The molecule has 0 bridgehead atoms. The summed E-state index contributed by atoms with van der Waals surface area (Å²) in [4.78, 5) is 14.5. The zero-order valence-corrected chi connectivity index (χ0v) is 14.2. The normalized spacial score (nSPS) is 34.1. The molecule has 4 atom stereocenters. The zero-order chi connectivity index (χ0) is 15.3. The van der Waals surface area contributed by atoms with Gasteiger partial charge in [-0.05, 0) is 12.5 Å². The molecular formula is C17H23NO3Si. The van der Waals surface area contributed by atoms with E-state index in [0.29, 0.717) is 13.2 Å². The number of amides is 1. The topological polar surface area (TPSA) is 38.8 Å². The molecule has 1 aromatic carbocycles. The minimum Gasteiger partial charge on any atom is -0.347 e. The molecule has 3 heterocycles. The Morgan fingerprint density at radius 2 is 1.91 bits per heavy atom. The van der Waals surface area contributed by atoms with Crippen LogP contribution in [0.25, 0.3) is 0 Å². The first-order valence-electron chi connectivity index (χ1n) is 8.18. The van der Waals surface area contributed by atoms with Crippen LogP contribution < -0.4 is 5.19 Å². The van der Waals surface area contributed by atoms with E-state index in [-0.39, 0.29) is 30.2 Å². The minimum absolute atomic E-state index is 0.0738. The highest BCUT2D eigenvalue weighted by Gasteiger charge is 2.57. The van der Waals surface area contributed by atoms with Crippen LogP contribution in [0.1, 0.15) is 12.8 Å². The Balaban J connectivity index is 1.62. The van der Waals surface area contributed by atoms with Gasteiger partial charge in [0.1, 0.15) is 19.0 Å². The molecule has 118 valence electrons. The van der Waals surface area contributed by atoms with Gasteiger partial charge in [0.05, 0.1) is 20.2 Å². The maximum atomic E-state index is 12.3. The van der Waals surface area contributed by atoms with Crippen molar-refractivity contribution in [3.63, 3.8) is 0 Å². The van der Waals surface area contributed by atoms with Crippen LogP contribution in [0.2, 0.25) is 19.1 Å². The van der Waals surface area contributed by atoms with E-state index in [2.05, 4.69) is 48.3 Å². The number of hydrogen-bond donors (Lipinski definition) is 0. The molecule has 1 aromatic rings. The lowest BCUT2D eigenvalue weighted by Crippen LogP contribution is -2.50. The highest BCUT2D eigenvalue weighted by Crippen LogP contribution is 2.42. The van der Waals surface area contributed by atoms with Crippen LogP contribution in [0, 0.1) is 0 Å². The summed E-state index contributed by atoms with van der Waals surface area (Å²) in [6.07, 6.45) is 1.76. The molecule has 22 heavy (non-hydrogen) atoms. The molecule has 1 amide bonds. The van der Waals surface area contributed by atoms with Crippen molar-refractivity contribution in [3.8, 4) is 0 Å². The van der Waals surface area contributed by atoms with E-state index in [1.54, 1.807) is 0 Å². The summed E-state index contributed by atoms with van der Waals surface area (Å²) in [5, 5.41) is 1.44. The average Bonchev–Trinajstić information content (AvgIpc) is 3.17. The summed E-state index contributed by atoms with van der Waals surface area (Å²) in [5.74, 6) is 0.287. The maximum absolute atomic E-state index is 12.3. The molecule has 3 saturated heterocycles. The number of fused-ring (bicyclic) bond motifs is 3. The standard InChI is InChI=1S/C17H23NO3Si/c1-22(2,12-6-4-3-5-7-12)10-14-17-16(20-11-21-17)13-8-9-15(19)18(13)14/h3-7,13-14,16-17H,8-11H2,1-2H3/t13-,14-,16+,17-/m1/s1.